The Morgan fingerprint density at radius 1 is 1.12 bits per heavy atom. The maximum absolute atomic E-state index is 13.2. The van der Waals surface area contributed by atoms with Crippen molar-refractivity contribution in [3.63, 3.8) is 0 Å². The molecule has 1 atom stereocenters. The highest BCUT2D eigenvalue weighted by molar-refractivity contribution is 5.90. The first kappa shape index (κ1) is 19.3. The minimum absolute atomic E-state index is 0.198. The van der Waals surface area contributed by atoms with Gasteiger partial charge in [0.25, 0.3) is 5.91 Å². The zero-order valence-corrected chi connectivity index (χ0v) is 14.5. The van der Waals surface area contributed by atoms with Gasteiger partial charge in [-0.15, -0.1) is 0 Å². The molecule has 2 aromatic rings. The molecule has 1 unspecified atom stereocenters. The summed E-state index contributed by atoms with van der Waals surface area (Å²) in [5.74, 6) is -1.84. The van der Waals surface area contributed by atoms with Crippen LogP contribution in [0.25, 0.3) is 6.08 Å². The molecule has 6 heteroatoms. The smallest absolute Gasteiger partial charge is 0.331 e. The summed E-state index contributed by atoms with van der Waals surface area (Å²) >= 11 is 0. The molecule has 0 saturated carbocycles. The second kappa shape index (κ2) is 8.89. The summed E-state index contributed by atoms with van der Waals surface area (Å²) in [6.07, 6.45) is 1.65. The Hall–Kier alpha value is -3.02. The van der Waals surface area contributed by atoms with Crippen LogP contribution >= 0.6 is 0 Å². The highest BCUT2D eigenvalue weighted by Gasteiger charge is 2.20. The van der Waals surface area contributed by atoms with Crippen molar-refractivity contribution in [3.8, 4) is 0 Å². The highest BCUT2D eigenvalue weighted by atomic mass is 19.1. The molecule has 0 aliphatic heterocycles. The molecule has 1 amide bonds. The molecule has 0 N–H and O–H groups in total. The predicted octanol–water partition coefficient (Wildman–Crippen LogP) is 3.57. The fraction of sp³-hybridized carbons (Fsp3) is 0.200. The first-order valence-electron chi connectivity index (χ1n) is 7.99. The van der Waals surface area contributed by atoms with Gasteiger partial charge in [0.15, 0.2) is 6.10 Å². The van der Waals surface area contributed by atoms with Crippen molar-refractivity contribution in [1.29, 1.82) is 0 Å². The number of esters is 1. The summed E-state index contributed by atoms with van der Waals surface area (Å²) in [6.45, 7) is 1.66. The molecular weight excluding hydrogens is 340 g/mol. The van der Waals surface area contributed by atoms with Crippen molar-refractivity contribution in [2.45, 2.75) is 19.6 Å². The van der Waals surface area contributed by atoms with Gasteiger partial charge in [0.2, 0.25) is 0 Å². The predicted molar refractivity (Wildman–Crippen MR) is 93.9 cm³/mol. The molecule has 0 aromatic heterocycles. The Morgan fingerprint density at radius 2 is 1.81 bits per heavy atom. The molecule has 26 heavy (non-hydrogen) atoms. The molecular formula is C20H19F2NO3. The molecule has 0 radical (unpaired) electrons. The lowest BCUT2D eigenvalue weighted by molar-refractivity contribution is -0.154. The zero-order valence-electron chi connectivity index (χ0n) is 14.5. The second-order valence-electron chi connectivity index (χ2n) is 5.79. The Balaban J connectivity index is 1.88. The summed E-state index contributed by atoms with van der Waals surface area (Å²) in [6, 6.07) is 11.5. The number of likely N-dealkylation sites (N-methyl/N-ethyl adjacent to an activating group) is 1. The van der Waals surface area contributed by atoms with Crippen molar-refractivity contribution in [3.05, 3.63) is 77.4 Å². The number of hydrogen-bond donors (Lipinski definition) is 0. The van der Waals surface area contributed by atoms with E-state index in [0.717, 1.165) is 0 Å². The molecule has 2 aromatic carbocycles. The Morgan fingerprint density at radius 3 is 2.46 bits per heavy atom. The van der Waals surface area contributed by atoms with E-state index in [1.807, 2.05) is 0 Å². The Labute approximate surface area is 150 Å². The number of hydrogen-bond acceptors (Lipinski definition) is 3. The molecule has 0 bridgehead atoms. The number of rotatable bonds is 6. The Bertz CT molecular complexity index is 803. The van der Waals surface area contributed by atoms with Crippen LogP contribution in [0.4, 0.5) is 8.78 Å². The molecule has 0 saturated heterocycles. The van der Waals surface area contributed by atoms with Crippen molar-refractivity contribution >= 4 is 18.0 Å². The molecule has 0 fully saturated rings. The van der Waals surface area contributed by atoms with E-state index in [4.69, 9.17) is 4.74 Å². The van der Waals surface area contributed by atoms with Gasteiger partial charge in [-0.1, -0.05) is 24.3 Å². The molecule has 0 aliphatic carbocycles. The van der Waals surface area contributed by atoms with Crippen LogP contribution in [0.15, 0.2) is 54.6 Å². The first-order valence-corrected chi connectivity index (χ1v) is 7.99. The number of amides is 1. The lowest BCUT2D eigenvalue weighted by Gasteiger charge is -2.21. The molecule has 0 heterocycles. The van der Waals surface area contributed by atoms with E-state index >= 15 is 0 Å². The van der Waals surface area contributed by atoms with Gasteiger partial charge >= 0.3 is 5.97 Å². The summed E-state index contributed by atoms with van der Waals surface area (Å²) < 4.78 is 31.1. The maximum atomic E-state index is 13.2. The van der Waals surface area contributed by atoms with Crippen LogP contribution in [0, 0.1) is 11.6 Å². The Kier molecular flexibility index (Phi) is 6.60. The SMILES string of the molecule is CC(OC(=O)/C=C/c1ccc(F)cc1)C(=O)N(C)Cc1cccc(F)c1. The van der Waals surface area contributed by atoms with Crippen LogP contribution in [0.1, 0.15) is 18.1 Å². The van der Waals surface area contributed by atoms with Crippen LogP contribution < -0.4 is 0 Å². The van der Waals surface area contributed by atoms with Gasteiger partial charge < -0.3 is 9.64 Å². The number of carbonyl (C=O) groups is 2. The zero-order chi connectivity index (χ0) is 19.1. The van der Waals surface area contributed by atoms with E-state index in [-0.39, 0.29) is 18.2 Å². The fourth-order valence-electron chi connectivity index (χ4n) is 2.30. The lowest BCUT2D eigenvalue weighted by atomic mass is 10.2. The molecule has 2 rings (SSSR count). The van der Waals surface area contributed by atoms with E-state index in [9.17, 15) is 18.4 Å². The van der Waals surface area contributed by atoms with Crippen molar-refractivity contribution in [2.24, 2.45) is 0 Å². The third-order valence-electron chi connectivity index (χ3n) is 3.61. The monoisotopic (exact) mass is 359 g/mol. The number of nitrogens with zero attached hydrogens (tertiary/aromatic N) is 1. The standard InChI is InChI=1S/C20H19F2NO3/c1-14(20(25)23(2)13-16-4-3-5-18(22)12-16)26-19(24)11-8-15-6-9-17(21)10-7-15/h3-12,14H,13H2,1-2H3/b11-8+. The van der Waals surface area contributed by atoms with E-state index in [0.29, 0.717) is 11.1 Å². The van der Waals surface area contributed by atoms with E-state index < -0.39 is 18.0 Å². The minimum Gasteiger partial charge on any atom is -0.449 e. The van der Waals surface area contributed by atoms with Gasteiger partial charge in [-0.2, -0.15) is 0 Å². The van der Waals surface area contributed by atoms with Crippen molar-refractivity contribution in [1.82, 2.24) is 4.90 Å². The molecule has 0 aliphatic rings. The minimum atomic E-state index is -0.987. The topological polar surface area (TPSA) is 46.6 Å². The molecule has 4 nitrogen and oxygen atoms in total. The number of benzene rings is 2. The largest absolute Gasteiger partial charge is 0.449 e. The first-order chi connectivity index (χ1) is 12.3. The van der Waals surface area contributed by atoms with Crippen molar-refractivity contribution < 1.29 is 23.1 Å². The normalized spacial score (nSPS) is 12.0. The second-order valence-corrected chi connectivity index (χ2v) is 5.79. The number of halogens is 2. The fourth-order valence-corrected chi connectivity index (χ4v) is 2.30. The average molecular weight is 359 g/mol. The lowest BCUT2D eigenvalue weighted by Crippen LogP contribution is -2.36. The third-order valence-corrected chi connectivity index (χ3v) is 3.61. The highest BCUT2D eigenvalue weighted by Crippen LogP contribution is 2.09. The summed E-state index contributed by atoms with van der Waals surface area (Å²) in [5, 5.41) is 0. The van der Waals surface area contributed by atoms with Crippen LogP contribution in [-0.4, -0.2) is 29.9 Å². The van der Waals surface area contributed by atoms with Gasteiger partial charge in [0, 0.05) is 19.7 Å². The third kappa shape index (κ3) is 5.81. The van der Waals surface area contributed by atoms with E-state index in [2.05, 4.69) is 0 Å². The van der Waals surface area contributed by atoms with Gasteiger partial charge in [0.05, 0.1) is 0 Å². The van der Waals surface area contributed by atoms with Crippen LogP contribution in [0.3, 0.4) is 0 Å². The quantitative estimate of drug-likeness (QED) is 0.585. The summed E-state index contributed by atoms with van der Waals surface area (Å²) in [4.78, 5) is 25.4. The van der Waals surface area contributed by atoms with Crippen LogP contribution in [0.5, 0.6) is 0 Å². The van der Waals surface area contributed by atoms with Crippen molar-refractivity contribution in [2.75, 3.05) is 7.05 Å². The summed E-state index contributed by atoms with van der Waals surface area (Å²) in [7, 11) is 1.55. The van der Waals surface area contributed by atoms with Gasteiger partial charge in [-0.05, 0) is 48.4 Å². The van der Waals surface area contributed by atoms with E-state index in [1.165, 1.54) is 60.4 Å². The van der Waals surface area contributed by atoms with Gasteiger partial charge in [0.1, 0.15) is 11.6 Å². The van der Waals surface area contributed by atoms with Gasteiger partial charge in [-0.25, -0.2) is 13.6 Å². The van der Waals surface area contributed by atoms with E-state index in [1.54, 1.807) is 19.2 Å². The maximum Gasteiger partial charge on any atom is 0.331 e. The van der Waals surface area contributed by atoms with Crippen LogP contribution in [-0.2, 0) is 20.9 Å². The van der Waals surface area contributed by atoms with Gasteiger partial charge in [-0.3, -0.25) is 4.79 Å². The average Bonchev–Trinajstić information content (AvgIpc) is 2.60. The summed E-state index contributed by atoms with van der Waals surface area (Å²) in [5.41, 5.74) is 1.26. The molecule has 0 spiro atoms. The molecule has 136 valence electrons. The van der Waals surface area contributed by atoms with Crippen LogP contribution in [0.2, 0.25) is 0 Å². The number of ether oxygens (including phenoxy) is 1. The number of carbonyl (C=O) groups excluding carboxylic acids is 2.